The Bertz CT molecular complexity index is 1240. The van der Waals surface area contributed by atoms with E-state index in [9.17, 15) is 9.18 Å². The van der Waals surface area contributed by atoms with E-state index < -0.39 is 0 Å². The number of aromatic nitrogens is 2. The molecule has 5 rings (SSSR count). The molecule has 0 saturated carbocycles. The van der Waals surface area contributed by atoms with Crippen LogP contribution in [0.4, 0.5) is 10.1 Å². The predicted octanol–water partition coefficient (Wildman–Crippen LogP) is 5.59. The number of rotatable bonds is 3. The van der Waals surface area contributed by atoms with Gasteiger partial charge in [0, 0.05) is 17.0 Å². The maximum atomic E-state index is 13.3. The summed E-state index contributed by atoms with van der Waals surface area (Å²) in [6.07, 6.45) is 2.59. The fraction of sp³-hybridized carbons (Fsp3) is 0.200. The van der Waals surface area contributed by atoms with Crippen LogP contribution < -0.4 is 4.90 Å². The fourth-order valence-electron chi connectivity index (χ4n) is 4.36. The highest BCUT2D eigenvalue weighted by Gasteiger charge is 2.38. The SMILES string of the molecule is Cc1cccc([C@@H]2C[C@@H](C)C(=O)N2c2ccc3c(cnn3-c3ccc(F)cc3)c2)c1. The molecule has 1 amide bonds. The van der Waals surface area contributed by atoms with Gasteiger partial charge in [-0.25, -0.2) is 9.07 Å². The summed E-state index contributed by atoms with van der Waals surface area (Å²) in [7, 11) is 0. The zero-order chi connectivity index (χ0) is 20.8. The van der Waals surface area contributed by atoms with Gasteiger partial charge in [-0.3, -0.25) is 4.79 Å². The normalized spacial score (nSPS) is 19.0. The van der Waals surface area contributed by atoms with E-state index in [-0.39, 0.29) is 23.7 Å². The Morgan fingerprint density at radius 3 is 2.53 bits per heavy atom. The van der Waals surface area contributed by atoms with Crippen LogP contribution in [0.15, 0.2) is 72.9 Å². The average molecular weight is 399 g/mol. The largest absolute Gasteiger partial charge is 0.305 e. The summed E-state index contributed by atoms with van der Waals surface area (Å²) in [5.74, 6) is -0.152. The van der Waals surface area contributed by atoms with Crippen LogP contribution in [-0.4, -0.2) is 15.7 Å². The fourth-order valence-corrected chi connectivity index (χ4v) is 4.36. The number of carbonyl (C=O) groups excluding carboxylic acids is 1. The highest BCUT2D eigenvalue weighted by Crippen LogP contribution is 2.40. The van der Waals surface area contributed by atoms with E-state index in [1.165, 1.54) is 17.7 Å². The Kier molecular flexibility index (Phi) is 4.39. The van der Waals surface area contributed by atoms with Crippen molar-refractivity contribution in [2.24, 2.45) is 5.92 Å². The molecule has 0 aliphatic carbocycles. The van der Waals surface area contributed by atoms with Gasteiger partial charge in [0.1, 0.15) is 5.82 Å². The molecule has 1 aromatic heterocycles. The third-order valence-corrected chi connectivity index (χ3v) is 5.88. The molecule has 1 fully saturated rings. The van der Waals surface area contributed by atoms with E-state index >= 15 is 0 Å². The Morgan fingerprint density at radius 2 is 1.77 bits per heavy atom. The second kappa shape index (κ2) is 7.10. The van der Waals surface area contributed by atoms with Crippen molar-refractivity contribution < 1.29 is 9.18 Å². The summed E-state index contributed by atoms with van der Waals surface area (Å²) >= 11 is 0. The maximum Gasteiger partial charge on any atom is 0.230 e. The first-order valence-electron chi connectivity index (χ1n) is 10.1. The lowest BCUT2D eigenvalue weighted by Crippen LogP contribution is -2.28. The zero-order valence-corrected chi connectivity index (χ0v) is 16.9. The van der Waals surface area contributed by atoms with Crippen molar-refractivity contribution in [3.05, 3.63) is 89.9 Å². The number of carbonyl (C=O) groups is 1. The first-order valence-corrected chi connectivity index (χ1v) is 10.1. The summed E-state index contributed by atoms with van der Waals surface area (Å²) < 4.78 is 15.1. The van der Waals surface area contributed by atoms with Crippen molar-refractivity contribution >= 4 is 22.5 Å². The Morgan fingerprint density at radius 1 is 1.00 bits per heavy atom. The van der Waals surface area contributed by atoms with Crippen molar-refractivity contribution in [3.63, 3.8) is 0 Å². The van der Waals surface area contributed by atoms with Crippen LogP contribution >= 0.6 is 0 Å². The monoisotopic (exact) mass is 399 g/mol. The minimum Gasteiger partial charge on any atom is -0.305 e. The van der Waals surface area contributed by atoms with Gasteiger partial charge in [0.05, 0.1) is 23.4 Å². The molecule has 1 saturated heterocycles. The van der Waals surface area contributed by atoms with Gasteiger partial charge < -0.3 is 4.90 Å². The average Bonchev–Trinajstić information content (AvgIpc) is 3.29. The molecule has 0 bridgehead atoms. The van der Waals surface area contributed by atoms with Gasteiger partial charge in [-0.1, -0.05) is 36.8 Å². The van der Waals surface area contributed by atoms with Crippen LogP contribution in [0, 0.1) is 18.7 Å². The molecule has 1 aliphatic rings. The molecule has 2 atom stereocenters. The lowest BCUT2D eigenvalue weighted by molar-refractivity contribution is -0.120. The molecule has 0 radical (unpaired) electrons. The molecule has 0 spiro atoms. The summed E-state index contributed by atoms with van der Waals surface area (Å²) in [5, 5.41) is 5.41. The van der Waals surface area contributed by atoms with E-state index in [2.05, 4.69) is 30.2 Å². The van der Waals surface area contributed by atoms with E-state index in [4.69, 9.17) is 0 Å². The third-order valence-electron chi connectivity index (χ3n) is 5.88. The van der Waals surface area contributed by atoms with Crippen LogP contribution in [0.1, 0.15) is 30.5 Å². The molecular formula is C25H22FN3O. The van der Waals surface area contributed by atoms with Crippen LogP contribution in [0.3, 0.4) is 0 Å². The van der Waals surface area contributed by atoms with E-state index in [1.807, 2.05) is 36.1 Å². The smallest absolute Gasteiger partial charge is 0.230 e. The number of nitrogens with zero attached hydrogens (tertiary/aromatic N) is 3. The van der Waals surface area contributed by atoms with Gasteiger partial charge in [-0.05, 0) is 61.4 Å². The van der Waals surface area contributed by atoms with Gasteiger partial charge in [-0.15, -0.1) is 0 Å². The number of fused-ring (bicyclic) bond motifs is 1. The lowest BCUT2D eigenvalue weighted by Gasteiger charge is -2.25. The standard InChI is InChI=1S/C25H22FN3O/c1-16-4-3-5-18(12-16)24-13-17(2)25(30)28(24)22-10-11-23-19(14-22)15-27-29(23)21-8-6-20(26)7-9-21/h3-12,14-15,17,24H,13H2,1-2H3/t17-,24+/m1/s1. The Balaban J connectivity index is 1.56. The number of amides is 1. The topological polar surface area (TPSA) is 38.1 Å². The number of hydrogen-bond acceptors (Lipinski definition) is 2. The molecule has 5 heteroatoms. The molecular weight excluding hydrogens is 377 g/mol. The molecule has 150 valence electrons. The zero-order valence-electron chi connectivity index (χ0n) is 16.9. The number of hydrogen-bond donors (Lipinski definition) is 0. The number of halogens is 1. The van der Waals surface area contributed by atoms with Gasteiger partial charge in [0.25, 0.3) is 0 Å². The molecule has 1 aliphatic heterocycles. The second-order valence-corrected chi connectivity index (χ2v) is 8.05. The first-order chi connectivity index (χ1) is 14.5. The minimum atomic E-state index is -0.277. The van der Waals surface area contributed by atoms with Crippen molar-refractivity contribution in [2.75, 3.05) is 4.90 Å². The van der Waals surface area contributed by atoms with Gasteiger partial charge >= 0.3 is 0 Å². The highest BCUT2D eigenvalue weighted by atomic mass is 19.1. The first kappa shape index (κ1) is 18.6. The molecule has 30 heavy (non-hydrogen) atoms. The molecule has 0 unspecified atom stereocenters. The number of aryl methyl sites for hydroxylation is 1. The van der Waals surface area contributed by atoms with Crippen LogP contribution in [0.2, 0.25) is 0 Å². The van der Waals surface area contributed by atoms with Gasteiger partial charge in [0.2, 0.25) is 5.91 Å². The quantitative estimate of drug-likeness (QED) is 0.451. The van der Waals surface area contributed by atoms with Crippen molar-refractivity contribution in [2.45, 2.75) is 26.3 Å². The summed E-state index contributed by atoms with van der Waals surface area (Å²) in [4.78, 5) is 15.0. The minimum absolute atomic E-state index is 0.0202. The van der Waals surface area contributed by atoms with Crippen LogP contribution in [-0.2, 0) is 4.79 Å². The molecule has 4 aromatic rings. The summed E-state index contributed by atoms with van der Waals surface area (Å²) in [5.41, 5.74) is 4.94. The summed E-state index contributed by atoms with van der Waals surface area (Å²) in [6, 6.07) is 20.6. The van der Waals surface area contributed by atoms with E-state index in [0.29, 0.717) is 0 Å². The van der Waals surface area contributed by atoms with E-state index in [0.717, 1.165) is 34.3 Å². The molecule has 4 nitrogen and oxygen atoms in total. The van der Waals surface area contributed by atoms with Gasteiger partial charge in [0.15, 0.2) is 0 Å². The van der Waals surface area contributed by atoms with E-state index in [1.54, 1.807) is 23.0 Å². The van der Waals surface area contributed by atoms with Crippen molar-refractivity contribution in [1.29, 1.82) is 0 Å². The highest BCUT2D eigenvalue weighted by molar-refractivity contribution is 5.99. The Hall–Kier alpha value is -3.47. The Labute approximate surface area is 174 Å². The summed E-state index contributed by atoms with van der Waals surface area (Å²) in [6.45, 7) is 4.07. The lowest BCUT2D eigenvalue weighted by atomic mass is 9.99. The second-order valence-electron chi connectivity index (χ2n) is 8.05. The number of benzene rings is 3. The number of anilines is 1. The molecule has 3 aromatic carbocycles. The van der Waals surface area contributed by atoms with Crippen molar-refractivity contribution in [3.8, 4) is 5.69 Å². The predicted molar refractivity (Wildman–Crippen MR) is 116 cm³/mol. The molecule has 0 N–H and O–H groups in total. The van der Waals surface area contributed by atoms with Crippen molar-refractivity contribution in [1.82, 2.24) is 9.78 Å². The maximum absolute atomic E-state index is 13.3. The van der Waals surface area contributed by atoms with Gasteiger partial charge in [-0.2, -0.15) is 5.10 Å². The van der Waals surface area contributed by atoms with Crippen LogP contribution in [0.5, 0.6) is 0 Å². The van der Waals surface area contributed by atoms with Crippen LogP contribution in [0.25, 0.3) is 16.6 Å². The molecule has 2 heterocycles. The third kappa shape index (κ3) is 3.07.